The number of rotatable bonds is 2. The molecule has 5 heteroatoms. The van der Waals surface area contributed by atoms with Crippen LogP contribution in [0.5, 0.6) is 0 Å². The lowest BCUT2D eigenvalue weighted by atomic mass is 9.85. The van der Waals surface area contributed by atoms with E-state index in [9.17, 15) is 0 Å². The average molecular weight is 266 g/mol. The molecular weight excluding hydrogens is 244 g/mol. The van der Waals surface area contributed by atoms with E-state index in [2.05, 4.69) is 36.2 Å². The second-order valence-electron chi connectivity index (χ2n) is 5.77. The Morgan fingerprint density at radius 3 is 2.94 bits per heavy atom. The molecule has 0 radical (unpaired) electrons. The minimum atomic E-state index is 0.286. The summed E-state index contributed by atoms with van der Waals surface area (Å²) in [6.45, 7) is 7.53. The Balaban J connectivity index is 1.99. The van der Waals surface area contributed by atoms with Gasteiger partial charge < -0.3 is 5.32 Å². The molecule has 4 nitrogen and oxygen atoms in total. The second-order valence-corrected chi connectivity index (χ2v) is 6.85. The summed E-state index contributed by atoms with van der Waals surface area (Å²) in [6.07, 6.45) is 3.02. The highest BCUT2D eigenvalue weighted by Crippen LogP contribution is 2.27. The molecule has 0 amide bonds. The third-order valence-electron chi connectivity index (χ3n) is 3.30. The molecule has 1 aromatic heterocycles. The molecule has 1 aromatic rings. The van der Waals surface area contributed by atoms with Crippen LogP contribution in [0.2, 0.25) is 0 Å². The Bertz CT molecular complexity index is 430. The number of nitrogens with one attached hydrogen (secondary N) is 1. The van der Waals surface area contributed by atoms with Crippen molar-refractivity contribution < 1.29 is 0 Å². The molecule has 2 heterocycles. The second kappa shape index (κ2) is 5.34. The molecule has 1 N–H and O–H groups in total. The third-order valence-corrected chi connectivity index (χ3v) is 4.26. The number of hydrogen-bond acceptors (Lipinski definition) is 3. The smallest absolute Gasteiger partial charge is 0.157 e. The van der Waals surface area contributed by atoms with Crippen LogP contribution in [-0.2, 0) is 13.6 Å². The Labute approximate surface area is 113 Å². The van der Waals surface area contributed by atoms with Gasteiger partial charge in [0.1, 0.15) is 0 Å². The fourth-order valence-electron chi connectivity index (χ4n) is 1.99. The summed E-state index contributed by atoms with van der Waals surface area (Å²) >= 11 is 1.82. The van der Waals surface area contributed by atoms with Crippen LogP contribution in [0.4, 0.5) is 0 Å². The molecule has 1 unspecified atom stereocenters. The van der Waals surface area contributed by atoms with E-state index < -0.39 is 0 Å². The van der Waals surface area contributed by atoms with Crippen LogP contribution in [-0.4, -0.2) is 26.7 Å². The van der Waals surface area contributed by atoms with E-state index >= 15 is 0 Å². The summed E-state index contributed by atoms with van der Waals surface area (Å²) in [4.78, 5) is 4.66. The molecule has 0 aliphatic carbocycles. The van der Waals surface area contributed by atoms with Crippen molar-refractivity contribution in [2.24, 2.45) is 17.5 Å². The van der Waals surface area contributed by atoms with E-state index in [1.54, 1.807) is 0 Å². The van der Waals surface area contributed by atoms with E-state index in [0.29, 0.717) is 12.6 Å². The molecule has 100 valence electrons. The van der Waals surface area contributed by atoms with Gasteiger partial charge in [0.15, 0.2) is 5.17 Å². The number of hydrogen-bond donors (Lipinski definition) is 1. The predicted octanol–water partition coefficient (Wildman–Crippen LogP) is 2.42. The molecule has 1 saturated heterocycles. The number of aryl methyl sites for hydroxylation is 1. The van der Waals surface area contributed by atoms with Crippen LogP contribution >= 0.6 is 11.8 Å². The summed E-state index contributed by atoms with van der Waals surface area (Å²) in [5.74, 6) is 1.15. The largest absolute Gasteiger partial charge is 0.362 e. The molecular formula is C13H22N4S. The SMILES string of the molecule is Cn1nccc1CN=C1NC(C(C)(C)C)CCS1. The highest BCUT2D eigenvalue weighted by Gasteiger charge is 2.28. The van der Waals surface area contributed by atoms with Crippen molar-refractivity contribution in [3.63, 3.8) is 0 Å². The molecule has 0 bridgehead atoms. The molecule has 0 aromatic carbocycles. The van der Waals surface area contributed by atoms with Crippen LogP contribution in [0.1, 0.15) is 32.9 Å². The first kappa shape index (κ1) is 13.5. The Kier molecular flexibility index (Phi) is 4.00. The third kappa shape index (κ3) is 3.28. The standard InChI is InChI=1S/C13H22N4S/c1-13(2,3)11-6-8-18-12(16-11)14-9-10-5-7-15-17(10)4/h5,7,11H,6,8-9H2,1-4H3,(H,14,16). The zero-order chi connectivity index (χ0) is 13.2. The van der Waals surface area contributed by atoms with Crippen molar-refractivity contribution in [2.75, 3.05) is 5.75 Å². The maximum Gasteiger partial charge on any atom is 0.157 e. The van der Waals surface area contributed by atoms with Gasteiger partial charge in [0, 0.05) is 25.0 Å². The number of nitrogens with zero attached hydrogens (tertiary/aromatic N) is 3. The topological polar surface area (TPSA) is 42.2 Å². The zero-order valence-electron chi connectivity index (χ0n) is 11.6. The van der Waals surface area contributed by atoms with E-state index in [1.165, 1.54) is 6.42 Å². The summed E-state index contributed by atoms with van der Waals surface area (Å²) in [5, 5.41) is 8.79. The lowest BCUT2D eigenvalue weighted by molar-refractivity contribution is 0.290. The van der Waals surface area contributed by atoms with Gasteiger partial charge in [0.25, 0.3) is 0 Å². The monoisotopic (exact) mass is 266 g/mol. The summed E-state index contributed by atoms with van der Waals surface area (Å²) in [5.41, 5.74) is 1.43. The molecule has 1 aliphatic rings. The van der Waals surface area contributed by atoms with Gasteiger partial charge in [-0.2, -0.15) is 5.10 Å². The normalized spacial score (nSPS) is 23.1. The van der Waals surface area contributed by atoms with Gasteiger partial charge in [-0.25, -0.2) is 0 Å². The van der Waals surface area contributed by atoms with E-state index in [1.807, 2.05) is 35.8 Å². The maximum absolute atomic E-state index is 4.66. The lowest BCUT2D eigenvalue weighted by Gasteiger charge is -2.35. The molecule has 18 heavy (non-hydrogen) atoms. The van der Waals surface area contributed by atoms with Crippen molar-refractivity contribution >= 4 is 16.9 Å². The van der Waals surface area contributed by atoms with Crippen LogP contribution in [0, 0.1) is 5.41 Å². The van der Waals surface area contributed by atoms with Crippen molar-refractivity contribution in [2.45, 2.75) is 39.8 Å². The van der Waals surface area contributed by atoms with Crippen LogP contribution in [0.3, 0.4) is 0 Å². The number of aliphatic imine (C=N–C) groups is 1. The first-order valence-corrected chi connectivity index (χ1v) is 7.36. The molecule has 0 saturated carbocycles. The number of amidine groups is 1. The van der Waals surface area contributed by atoms with E-state index in [4.69, 9.17) is 0 Å². The number of aromatic nitrogens is 2. The predicted molar refractivity (Wildman–Crippen MR) is 77.8 cm³/mol. The summed E-state index contributed by atoms with van der Waals surface area (Å²) in [6, 6.07) is 2.53. The summed E-state index contributed by atoms with van der Waals surface area (Å²) < 4.78 is 1.87. The maximum atomic E-state index is 4.66. The van der Waals surface area contributed by atoms with Crippen LogP contribution in [0.25, 0.3) is 0 Å². The fraction of sp³-hybridized carbons (Fsp3) is 0.692. The number of thioether (sulfide) groups is 1. The van der Waals surface area contributed by atoms with Crippen molar-refractivity contribution in [1.82, 2.24) is 15.1 Å². The van der Waals surface area contributed by atoms with E-state index in [0.717, 1.165) is 16.6 Å². The molecule has 1 fully saturated rings. The van der Waals surface area contributed by atoms with Crippen molar-refractivity contribution in [1.29, 1.82) is 0 Å². The Hall–Kier alpha value is -0.970. The average Bonchev–Trinajstić information content (AvgIpc) is 2.72. The minimum Gasteiger partial charge on any atom is -0.362 e. The van der Waals surface area contributed by atoms with Gasteiger partial charge in [-0.3, -0.25) is 9.67 Å². The van der Waals surface area contributed by atoms with Crippen LogP contribution < -0.4 is 5.32 Å². The fourth-order valence-corrected chi connectivity index (χ4v) is 2.91. The highest BCUT2D eigenvalue weighted by molar-refractivity contribution is 8.13. The zero-order valence-corrected chi connectivity index (χ0v) is 12.4. The quantitative estimate of drug-likeness (QED) is 0.894. The molecule has 2 rings (SSSR count). The van der Waals surface area contributed by atoms with Gasteiger partial charge >= 0.3 is 0 Å². The summed E-state index contributed by atoms with van der Waals surface area (Å²) in [7, 11) is 1.95. The molecule has 1 atom stereocenters. The minimum absolute atomic E-state index is 0.286. The van der Waals surface area contributed by atoms with Crippen molar-refractivity contribution in [3.8, 4) is 0 Å². The van der Waals surface area contributed by atoms with Crippen LogP contribution in [0.15, 0.2) is 17.3 Å². The first-order valence-electron chi connectivity index (χ1n) is 6.37. The highest BCUT2D eigenvalue weighted by atomic mass is 32.2. The first-order chi connectivity index (χ1) is 8.47. The van der Waals surface area contributed by atoms with Gasteiger partial charge in [0.05, 0.1) is 12.2 Å². The lowest BCUT2D eigenvalue weighted by Crippen LogP contribution is -2.46. The van der Waals surface area contributed by atoms with Gasteiger partial charge in [-0.05, 0) is 17.9 Å². The van der Waals surface area contributed by atoms with Gasteiger partial charge in [0.2, 0.25) is 0 Å². The Morgan fingerprint density at radius 1 is 1.56 bits per heavy atom. The van der Waals surface area contributed by atoms with Gasteiger partial charge in [-0.1, -0.05) is 32.5 Å². The van der Waals surface area contributed by atoms with E-state index in [-0.39, 0.29) is 5.41 Å². The van der Waals surface area contributed by atoms with Gasteiger partial charge in [-0.15, -0.1) is 0 Å². The van der Waals surface area contributed by atoms with Crippen molar-refractivity contribution in [3.05, 3.63) is 18.0 Å². The molecule has 1 aliphatic heterocycles. The Morgan fingerprint density at radius 2 is 2.33 bits per heavy atom. The molecule has 0 spiro atoms.